The monoisotopic (exact) mass is 267 g/mol. The molecule has 3 nitrogen and oxygen atoms in total. The predicted octanol–water partition coefficient (Wildman–Crippen LogP) is 3.56. The zero-order chi connectivity index (χ0) is 14.1. The smallest absolute Gasteiger partial charge is 0.0691 e. The third kappa shape index (κ3) is 2.36. The van der Waals surface area contributed by atoms with Gasteiger partial charge in [-0.25, -0.2) is 0 Å². The fourth-order valence-corrected chi connectivity index (χ4v) is 2.94. The van der Waals surface area contributed by atoms with Crippen molar-refractivity contribution in [2.45, 2.75) is 25.8 Å². The van der Waals surface area contributed by atoms with E-state index in [1.54, 1.807) is 0 Å². The van der Waals surface area contributed by atoms with E-state index in [4.69, 9.17) is 0 Å². The molecule has 0 aliphatic heterocycles. The molecule has 0 saturated carbocycles. The summed E-state index contributed by atoms with van der Waals surface area (Å²) in [6.07, 6.45) is 4.13. The van der Waals surface area contributed by atoms with E-state index in [0.717, 1.165) is 12.8 Å². The van der Waals surface area contributed by atoms with E-state index in [0.29, 0.717) is 6.04 Å². The topological polar surface area (TPSA) is 28.2 Å². The molecule has 1 aromatic heterocycles. The van der Waals surface area contributed by atoms with Gasteiger partial charge < -0.3 is 10.2 Å². The normalized spacial score (nSPS) is 16.9. The molecule has 0 bridgehead atoms. The van der Waals surface area contributed by atoms with Gasteiger partial charge in [-0.1, -0.05) is 12.1 Å². The predicted molar refractivity (Wildman–Crippen MR) is 84.4 cm³/mol. The molecule has 1 aliphatic rings. The number of anilines is 2. The Kier molecular flexibility index (Phi) is 3.35. The zero-order valence-electron chi connectivity index (χ0n) is 12.4. The lowest BCUT2D eigenvalue weighted by atomic mass is 10.1. The summed E-state index contributed by atoms with van der Waals surface area (Å²) >= 11 is 0. The average Bonchev–Trinajstić information content (AvgIpc) is 2.84. The van der Waals surface area contributed by atoms with Crippen molar-refractivity contribution in [1.82, 2.24) is 4.98 Å². The lowest BCUT2D eigenvalue weighted by Gasteiger charge is -2.20. The zero-order valence-corrected chi connectivity index (χ0v) is 12.4. The summed E-state index contributed by atoms with van der Waals surface area (Å²) in [4.78, 5) is 6.69. The van der Waals surface area contributed by atoms with Crippen molar-refractivity contribution in [3.63, 3.8) is 0 Å². The number of nitrogens with one attached hydrogen (secondary N) is 1. The summed E-state index contributed by atoms with van der Waals surface area (Å²) in [5.41, 5.74) is 6.31. The molecule has 1 aromatic carbocycles. The van der Waals surface area contributed by atoms with Crippen molar-refractivity contribution in [3.05, 3.63) is 53.3 Å². The molecule has 0 amide bonds. The fraction of sp³-hybridized carbons (Fsp3) is 0.353. The Labute approximate surface area is 120 Å². The molecule has 2 aromatic rings. The highest BCUT2D eigenvalue weighted by atomic mass is 15.1. The number of hydrogen-bond donors (Lipinski definition) is 1. The SMILES string of the molecule is Cc1ccc(NC2CCc3cccnc32)cc1N(C)C. The number of hydrogen-bond acceptors (Lipinski definition) is 3. The molecule has 1 atom stereocenters. The van der Waals surface area contributed by atoms with Gasteiger partial charge in [0.15, 0.2) is 0 Å². The molecule has 1 unspecified atom stereocenters. The van der Waals surface area contributed by atoms with Gasteiger partial charge in [-0.2, -0.15) is 0 Å². The highest BCUT2D eigenvalue weighted by Crippen LogP contribution is 2.33. The van der Waals surface area contributed by atoms with Crippen molar-refractivity contribution < 1.29 is 0 Å². The van der Waals surface area contributed by atoms with Crippen LogP contribution in [0.4, 0.5) is 11.4 Å². The number of fused-ring (bicyclic) bond motifs is 1. The molecule has 20 heavy (non-hydrogen) atoms. The molecule has 0 fully saturated rings. The third-order valence-corrected chi connectivity index (χ3v) is 3.99. The van der Waals surface area contributed by atoms with Crippen LogP contribution in [0, 0.1) is 6.92 Å². The first-order valence-corrected chi connectivity index (χ1v) is 7.13. The summed E-state index contributed by atoms with van der Waals surface area (Å²) in [7, 11) is 4.16. The third-order valence-electron chi connectivity index (χ3n) is 3.99. The molecule has 1 heterocycles. The minimum atomic E-state index is 0.337. The maximum absolute atomic E-state index is 4.54. The van der Waals surface area contributed by atoms with E-state index in [1.807, 2.05) is 12.3 Å². The van der Waals surface area contributed by atoms with E-state index in [2.05, 4.69) is 60.5 Å². The van der Waals surface area contributed by atoms with E-state index in [1.165, 1.54) is 28.2 Å². The second-order valence-corrected chi connectivity index (χ2v) is 5.68. The first-order valence-electron chi connectivity index (χ1n) is 7.13. The van der Waals surface area contributed by atoms with Gasteiger partial charge >= 0.3 is 0 Å². The molecular weight excluding hydrogens is 246 g/mol. The molecule has 1 N–H and O–H groups in total. The van der Waals surface area contributed by atoms with Gasteiger partial charge in [0, 0.05) is 31.7 Å². The van der Waals surface area contributed by atoms with Crippen molar-refractivity contribution in [2.75, 3.05) is 24.3 Å². The van der Waals surface area contributed by atoms with Crippen LogP contribution in [0.1, 0.15) is 29.3 Å². The standard InChI is InChI=1S/C17H21N3/c1-12-6-8-14(11-16(12)20(2)3)19-15-9-7-13-5-4-10-18-17(13)15/h4-6,8,10-11,15,19H,7,9H2,1-3H3. The maximum Gasteiger partial charge on any atom is 0.0691 e. The molecule has 0 radical (unpaired) electrons. The molecule has 0 spiro atoms. The largest absolute Gasteiger partial charge is 0.377 e. The molecular formula is C17H21N3. The molecule has 104 valence electrons. The first-order chi connectivity index (χ1) is 9.65. The Morgan fingerprint density at radius 3 is 2.90 bits per heavy atom. The van der Waals surface area contributed by atoms with E-state index in [9.17, 15) is 0 Å². The van der Waals surface area contributed by atoms with Crippen LogP contribution in [-0.2, 0) is 6.42 Å². The molecule has 1 aliphatic carbocycles. The van der Waals surface area contributed by atoms with E-state index >= 15 is 0 Å². The van der Waals surface area contributed by atoms with Crippen LogP contribution in [0.25, 0.3) is 0 Å². The second kappa shape index (κ2) is 5.16. The second-order valence-electron chi connectivity index (χ2n) is 5.68. The van der Waals surface area contributed by atoms with Crippen LogP contribution in [-0.4, -0.2) is 19.1 Å². The highest BCUT2D eigenvalue weighted by molar-refractivity contribution is 5.62. The Bertz CT molecular complexity index is 619. The van der Waals surface area contributed by atoms with Crippen molar-refractivity contribution in [2.24, 2.45) is 0 Å². The lowest BCUT2D eigenvalue weighted by molar-refractivity contribution is 0.746. The lowest BCUT2D eigenvalue weighted by Crippen LogP contribution is -2.12. The van der Waals surface area contributed by atoms with Crippen molar-refractivity contribution in [1.29, 1.82) is 0 Å². The number of rotatable bonds is 3. The summed E-state index contributed by atoms with van der Waals surface area (Å²) < 4.78 is 0. The van der Waals surface area contributed by atoms with Gasteiger partial charge in [0.25, 0.3) is 0 Å². The number of nitrogens with zero attached hydrogens (tertiary/aromatic N) is 2. The van der Waals surface area contributed by atoms with Crippen molar-refractivity contribution >= 4 is 11.4 Å². The van der Waals surface area contributed by atoms with Gasteiger partial charge in [-0.15, -0.1) is 0 Å². The number of aryl methyl sites for hydroxylation is 2. The Balaban J connectivity index is 1.84. The Hall–Kier alpha value is -2.03. The summed E-state index contributed by atoms with van der Waals surface area (Å²) in [5, 5.41) is 3.63. The summed E-state index contributed by atoms with van der Waals surface area (Å²) in [6.45, 7) is 2.14. The molecule has 0 saturated heterocycles. The maximum atomic E-state index is 4.54. The number of benzene rings is 1. The number of aromatic nitrogens is 1. The minimum absolute atomic E-state index is 0.337. The van der Waals surface area contributed by atoms with Crippen molar-refractivity contribution in [3.8, 4) is 0 Å². The Morgan fingerprint density at radius 1 is 1.25 bits per heavy atom. The van der Waals surface area contributed by atoms with Gasteiger partial charge in [0.2, 0.25) is 0 Å². The first kappa shape index (κ1) is 13.0. The Morgan fingerprint density at radius 2 is 2.10 bits per heavy atom. The van der Waals surface area contributed by atoms with Crippen LogP contribution in [0.5, 0.6) is 0 Å². The van der Waals surface area contributed by atoms with Crippen LogP contribution in [0.2, 0.25) is 0 Å². The van der Waals surface area contributed by atoms with Gasteiger partial charge in [-0.3, -0.25) is 4.98 Å². The van der Waals surface area contributed by atoms with Gasteiger partial charge in [0.05, 0.1) is 11.7 Å². The van der Waals surface area contributed by atoms with E-state index < -0.39 is 0 Å². The van der Waals surface area contributed by atoms with Crippen LogP contribution in [0.15, 0.2) is 36.5 Å². The highest BCUT2D eigenvalue weighted by Gasteiger charge is 2.23. The fourth-order valence-electron chi connectivity index (χ4n) is 2.94. The van der Waals surface area contributed by atoms with Crippen LogP contribution in [0.3, 0.4) is 0 Å². The summed E-state index contributed by atoms with van der Waals surface area (Å²) in [6, 6.07) is 11.1. The average molecular weight is 267 g/mol. The molecule has 3 rings (SSSR count). The quantitative estimate of drug-likeness (QED) is 0.921. The number of pyridine rings is 1. The van der Waals surface area contributed by atoms with Crippen LogP contribution >= 0.6 is 0 Å². The van der Waals surface area contributed by atoms with E-state index in [-0.39, 0.29) is 0 Å². The molecule has 3 heteroatoms. The van der Waals surface area contributed by atoms with Gasteiger partial charge in [0.1, 0.15) is 0 Å². The van der Waals surface area contributed by atoms with Crippen LogP contribution < -0.4 is 10.2 Å². The summed E-state index contributed by atoms with van der Waals surface area (Å²) in [5.74, 6) is 0. The minimum Gasteiger partial charge on any atom is -0.377 e. The van der Waals surface area contributed by atoms with Gasteiger partial charge in [-0.05, 0) is 49.1 Å².